The van der Waals surface area contributed by atoms with Gasteiger partial charge >= 0.3 is 0 Å². The lowest BCUT2D eigenvalue weighted by atomic mass is 9.92. The molecule has 0 saturated carbocycles. The third-order valence-electron chi connectivity index (χ3n) is 2.86. The van der Waals surface area contributed by atoms with Gasteiger partial charge in [0.1, 0.15) is 5.54 Å². The minimum absolute atomic E-state index is 0.132. The summed E-state index contributed by atoms with van der Waals surface area (Å²) >= 11 is 3.24. The average molecular weight is 331 g/mol. The monoisotopic (exact) mass is 330 g/mol. The standard InChI is InChI=1S/C12H15BrN2O2S/c1-9(2)12(3,8-14)15-18(16,17)11-6-4-10(13)5-7-11/h4-7,9,15H,1-3H3/t12-/m0/s1. The van der Waals surface area contributed by atoms with Crippen LogP contribution in [0.2, 0.25) is 0 Å². The maximum atomic E-state index is 12.1. The van der Waals surface area contributed by atoms with Gasteiger partial charge in [-0.1, -0.05) is 29.8 Å². The minimum Gasteiger partial charge on any atom is -0.207 e. The molecular weight excluding hydrogens is 316 g/mol. The summed E-state index contributed by atoms with van der Waals surface area (Å²) in [5.74, 6) is -0.132. The Morgan fingerprint density at radius 3 is 2.22 bits per heavy atom. The molecule has 1 aromatic carbocycles. The Bertz CT molecular complexity index is 561. The second-order valence-corrected chi connectivity index (χ2v) is 7.13. The molecule has 1 aromatic rings. The number of hydrogen-bond donors (Lipinski definition) is 1. The zero-order valence-corrected chi connectivity index (χ0v) is 12.8. The van der Waals surface area contributed by atoms with E-state index in [2.05, 4.69) is 20.7 Å². The Labute approximate surface area is 116 Å². The van der Waals surface area contributed by atoms with E-state index in [1.165, 1.54) is 12.1 Å². The number of halogens is 1. The van der Waals surface area contributed by atoms with Crippen molar-refractivity contribution in [1.82, 2.24) is 4.72 Å². The zero-order valence-electron chi connectivity index (χ0n) is 10.4. The van der Waals surface area contributed by atoms with Gasteiger partial charge in [-0.3, -0.25) is 0 Å². The van der Waals surface area contributed by atoms with E-state index in [-0.39, 0.29) is 10.8 Å². The Morgan fingerprint density at radius 1 is 1.33 bits per heavy atom. The number of rotatable bonds is 4. The predicted octanol–water partition coefficient (Wildman–Crippen LogP) is 2.67. The molecule has 0 bridgehead atoms. The lowest BCUT2D eigenvalue weighted by Gasteiger charge is -2.26. The van der Waals surface area contributed by atoms with Crippen LogP contribution < -0.4 is 4.72 Å². The van der Waals surface area contributed by atoms with Crippen LogP contribution in [-0.2, 0) is 10.0 Å². The van der Waals surface area contributed by atoms with Crippen molar-refractivity contribution in [3.05, 3.63) is 28.7 Å². The largest absolute Gasteiger partial charge is 0.241 e. The normalized spacial score (nSPS) is 15.1. The Morgan fingerprint density at radius 2 is 1.83 bits per heavy atom. The van der Waals surface area contributed by atoms with E-state index in [1.54, 1.807) is 32.9 Å². The topological polar surface area (TPSA) is 70.0 Å². The molecule has 0 radical (unpaired) electrons. The fourth-order valence-electron chi connectivity index (χ4n) is 1.22. The average Bonchev–Trinajstić information content (AvgIpc) is 2.28. The highest BCUT2D eigenvalue weighted by atomic mass is 79.9. The molecule has 0 heterocycles. The van der Waals surface area contributed by atoms with E-state index >= 15 is 0 Å². The SMILES string of the molecule is CC(C)[C@](C)(C#N)NS(=O)(=O)c1ccc(Br)cc1. The molecule has 0 amide bonds. The van der Waals surface area contributed by atoms with Gasteiger partial charge in [0.2, 0.25) is 10.0 Å². The third-order valence-corrected chi connectivity index (χ3v) is 4.97. The highest BCUT2D eigenvalue weighted by Gasteiger charge is 2.33. The molecular formula is C12H15BrN2O2S. The summed E-state index contributed by atoms with van der Waals surface area (Å²) in [6, 6.07) is 8.29. The quantitative estimate of drug-likeness (QED) is 0.922. The maximum Gasteiger partial charge on any atom is 0.241 e. The molecule has 1 rings (SSSR count). The van der Waals surface area contributed by atoms with Crippen molar-refractivity contribution in [3.8, 4) is 6.07 Å². The molecule has 18 heavy (non-hydrogen) atoms. The van der Waals surface area contributed by atoms with E-state index < -0.39 is 15.6 Å². The Hall–Kier alpha value is -0.900. The molecule has 6 heteroatoms. The van der Waals surface area contributed by atoms with Crippen molar-refractivity contribution in [2.24, 2.45) is 5.92 Å². The molecule has 0 spiro atoms. The van der Waals surface area contributed by atoms with Crippen LogP contribution in [0.5, 0.6) is 0 Å². The number of nitrogens with one attached hydrogen (secondary N) is 1. The molecule has 0 aliphatic heterocycles. The summed E-state index contributed by atoms with van der Waals surface area (Å²) in [6.45, 7) is 5.18. The molecule has 0 aliphatic carbocycles. The lowest BCUT2D eigenvalue weighted by molar-refractivity contribution is 0.389. The Balaban J connectivity index is 3.10. The first-order valence-electron chi connectivity index (χ1n) is 5.42. The molecule has 0 saturated heterocycles. The van der Waals surface area contributed by atoms with E-state index in [1.807, 2.05) is 6.07 Å². The van der Waals surface area contributed by atoms with Gasteiger partial charge in [-0.05, 0) is 37.1 Å². The molecule has 1 N–H and O–H groups in total. The fraction of sp³-hybridized carbons (Fsp3) is 0.417. The van der Waals surface area contributed by atoms with Gasteiger partial charge in [0.05, 0.1) is 11.0 Å². The van der Waals surface area contributed by atoms with Crippen LogP contribution in [0, 0.1) is 17.2 Å². The first-order chi connectivity index (χ1) is 8.21. The van der Waals surface area contributed by atoms with Gasteiger partial charge < -0.3 is 0 Å². The molecule has 1 atom stereocenters. The van der Waals surface area contributed by atoms with Crippen LogP contribution in [0.25, 0.3) is 0 Å². The van der Waals surface area contributed by atoms with Gasteiger partial charge in [-0.15, -0.1) is 0 Å². The summed E-state index contributed by atoms with van der Waals surface area (Å²) in [6.07, 6.45) is 0. The van der Waals surface area contributed by atoms with Crippen LogP contribution in [0.1, 0.15) is 20.8 Å². The zero-order chi connectivity index (χ0) is 14.0. The van der Waals surface area contributed by atoms with Crippen LogP contribution in [0.4, 0.5) is 0 Å². The first-order valence-corrected chi connectivity index (χ1v) is 7.70. The van der Waals surface area contributed by atoms with Crippen molar-refractivity contribution in [3.63, 3.8) is 0 Å². The Kier molecular flexibility index (Phi) is 4.54. The highest BCUT2D eigenvalue weighted by Crippen LogP contribution is 2.20. The van der Waals surface area contributed by atoms with Crippen molar-refractivity contribution >= 4 is 26.0 Å². The third kappa shape index (κ3) is 3.31. The summed E-state index contributed by atoms with van der Waals surface area (Å²) in [5.41, 5.74) is -1.12. The summed E-state index contributed by atoms with van der Waals surface area (Å²) in [5, 5.41) is 9.13. The van der Waals surface area contributed by atoms with Crippen LogP contribution in [-0.4, -0.2) is 14.0 Å². The van der Waals surface area contributed by atoms with E-state index in [0.717, 1.165) is 4.47 Å². The number of sulfonamides is 1. The van der Waals surface area contributed by atoms with Crippen LogP contribution in [0.3, 0.4) is 0 Å². The first kappa shape index (κ1) is 15.2. The molecule has 98 valence electrons. The van der Waals surface area contributed by atoms with E-state index in [4.69, 9.17) is 5.26 Å². The van der Waals surface area contributed by atoms with E-state index in [0.29, 0.717) is 0 Å². The number of benzene rings is 1. The summed E-state index contributed by atoms with van der Waals surface area (Å²) in [7, 11) is -3.69. The summed E-state index contributed by atoms with van der Waals surface area (Å²) in [4.78, 5) is 0.146. The second kappa shape index (κ2) is 5.39. The van der Waals surface area contributed by atoms with Crippen molar-refractivity contribution in [1.29, 1.82) is 5.26 Å². The minimum atomic E-state index is -3.69. The fourth-order valence-corrected chi connectivity index (χ4v) is 2.94. The number of nitriles is 1. The predicted molar refractivity (Wildman–Crippen MR) is 73.3 cm³/mol. The van der Waals surface area contributed by atoms with Gasteiger partial charge in [0.15, 0.2) is 0 Å². The summed E-state index contributed by atoms with van der Waals surface area (Å²) < 4.78 is 27.5. The van der Waals surface area contributed by atoms with Gasteiger partial charge in [-0.2, -0.15) is 9.98 Å². The van der Waals surface area contributed by atoms with Gasteiger partial charge in [-0.25, -0.2) is 8.42 Å². The van der Waals surface area contributed by atoms with Crippen molar-refractivity contribution in [2.45, 2.75) is 31.2 Å². The number of hydrogen-bond acceptors (Lipinski definition) is 3. The molecule has 0 aliphatic rings. The van der Waals surface area contributed by atoms with E-state index in [9.17, 15) is 8.42 Å². The van der Waals surface area contributed by atoms with Crippen LogP contribution in [0.15, 0.2) is 33.6 Å². The maximum absolute atomic E-state index is 12.1. The highest BCUT2D eigenvalue weighted by molar-refractivity contribution is 9.10. The van der Waals surface area contributed by atoms with Crippen molar-refractivity contribution in [2.75, 3.05) is 0 Å². The molecule has 0 unspecified atom stereocenters. The van der Waals surface area contributed by atoms with Gasteiger partial charge in [0, 0.05) is 4.47 Å². The molecule has 4 nitrogen and oxygen atoms in total. The second-order valence-electron chi connectivity index (χ2n) is 4.53. The lowest BCUT2D eigenvalue weighted by Crippen LogP contribution is -2.48. The van der Waals surface area contributed by atoms with Crippen molar-refractivity contribution < 1.29 is 8.42 Å². The van der Waals surface area contributed by atoms with Gasteiger partial charge in [0.25, 0.3) is 0 Å². The molecule has 0 aromatic heterocycles. The van der Waals surface area contributed by atoms with Crippen LogP contribution >= 0.6 is 15.9 Å². The smallest absolute Gasteiger partial charge is 0.207 e. The number of nitrogens with zero attached hydrogens (tertiary/aromatic N) is 1. The molecule has 0 fully saturated rings.